The maximum Gasteiger partial charge on any atom is 0.313 e. The molecule has 1 heterocycles. The van der Waals surface area contributed by atoms with E-state index in [0.29, 0.717) is 32.7 Å². The van der Waals surface area contributed by atoms with Crippen LogP contribution in [0.15, 0.2) is 24.3 Å². The van der Waals surface area contributed by atoms with Crippen LogP contribution < -0.4 is 16.8 Å². The van der Waals surface area contributed by atoms with E-state index in [1.54, 1.807) is 12.1 Å². The van der Waals surface area contributed by atoms with Crippen LogP contribution in [0.5, 0.6) is 0 Å². The van der Waals surface area contributed by atoms with Crippen LogP contribution in [-0.4, -0.2) is 66.8 Å². The molecule has 1 aliphatic heterocycles. The third-order valence-corrected chi connectivity index (χ3v) is 3.74. The SMILES string of the molecule is NCCN1CCN(C(=O)C(=O)Nc2ccccc2C(N)=O)CC1. The van der Waals surface area contributed by atoms with Gasteiger partial charge in [-0.15, -0.1) is 0 Å². The van der Waals surface area contributed by atoms with E-state index >= 15 is 0 Å². The molecule has 2 rings (SSSR count). The number of piperazine rings is 1. The molecular formula is C15H21N5O3. The number of anilines is 1. The fourth-order valence-electron chi connectivity index (χ4n) is 2.48. The molecule has 8 nitrogen and oxygen atoms in total. The van der Waals surface area contributed by atoms with Crippen LogP contribution in [0.25, 0.3) is 0 Å². The summed E-state index contributed by atoms with van der Waals surface area (Å²) in [7, 11) is 0. The van der Waals surface area contributed by atoms with E-state index in [4.69, 9.17) is 11.5 Å². The molecule has 0 aromatic heterocycles. The van der Waals surface area contributed by atoms with Crippen LogP contribution in [-0.2, 0) is 9.59 Å². The van der Waals surface area contributed by atoms with Gasteiger partial charge in [0.05, 0.1) is 11.3 Å². The lowest BCUT2D eigenvalue weighted by atomic mass is 10.1. The van der Waals surface area contributed by atoms with Gasteiger partial charge in [0.15, 0.2) is 0 Å². The van der Waals surface area contributed by atoms with E-state index in [1.165, 1.54) is 17.0 Å². The molecule has 0 saturated carbocycles. The molecule has 0 aliphatic carbocycles. The van der Waals surface area contributed by atoms with Crippen molar-refractivity contribution in [1.82, 2.24) is 9.80 Å². The van der Waals surface area contributed by atoms with Crippen molar-refractivity contribution in [1.29, 1.82) is 0 Å². The number of nitrogens with one attached hydrogen (secondary N) is 1. The summed E-state index contributed by atoms with van der Waals surface area (Å²) >= 11 is 0. The zero-order valence-electron chi connectivity index (χ0n) is 12.8. The molecule has 0 radical (unpaired) electrons. The van der Waals surface area contributed by atoms with Crippen LogP contribution in [0.1, 0.15) is 10.4 Å². The molecular weight excluding hydrogens is 298 g/mol. The first-order valence-electron chi connectivity index (χ1n) is 7.44. The predicted octanol–water partition coefficient (Wildman–Crippen LogP) is -1.17. The maximum absolute atomic E-state index is 12.2. The van der Waals surface area contributed by atoms with E-state index in [9.17, 15) is 14.4 Å². The summed E-state index contributed by atoms with van der Waals surface area (Å²) in [5.41, 5.74) is 11.2. The Morgan fingerprint density at radius 3 is 2.35 bits per heavy atom. The zero-order valence-corrected chi connectivity index (χ0v) is 12.8. The average molecular weight is 319 g/mol. The van der Waals surface area contributed by atoms with Gasteiger partial charge >= 0.3 is 11.8 Å². The minimum atomic E-state index is -0.772. The zero-order chi connectivity index (χ0) is 16.8. The fraction of sp³-hybridized carbons (Fsp3) is 0.400. The van der Waals surface area contributed by atoms with Crippen LogP contribution in [0, 0.1) is 0 Å². The highest BCUT2D eigenvalue weighted by molar-refractivity contribution is 6.39. The molecule has 1 aliphatic rings. The number of amides is 3. The lowest BCUT2D eigenvalue weighted by Crippen LogP contribution is -2.52. The van der Waals surface area contributed by atoms with Crippen molar-refractivity contribution in [2.24, 2.45) is 11.5 Å². The van der Waals surface area contributed by atoms with Crippen LogP contribution in [0.3, 0.4) is 0 Å². The third-order valence-electron chi connectivity index (χ3n) is 3.74. The number of hydrogen-bond acceptors (Lipinski definition) is 5. The van der Waals surface area contributed by atoms with E-state index < -0.39 is 17.7 Å². The van der Waals surface area contributed by atoms with Gasteiger partial charge in [-0.1, -0.05) is 12.1 Å². The molecule has 124 valence electrons. The van der Waals surface area contributed by atoms with Gasteiger partial charge in [0.2, 0.25) is 0 Å². The highest BCUT2D eigenvalue weighted by Gasteiger charge is 2.26. The number of hydrogen-bond donors (Lipinski definition) is 3. The largest absolute Gasteiger partial charge is 0.366 e. The number of benzene rings is 1. The number of nitrogens with zero attached hydrogens (tertiary/aromatic N) is 2. The highest BCUT2D eigenvalue weighted by atomic mass is 16.2. The summed E-state index contributed by atoms with van der Waals surface area (Å²) in [6, 6.07) is 6.31. The van der Waals surface area contributed by atoms with Crippen molar-refractivity contribution in [3.63, 3.8) is 0 Å². The van der Waals surface area contributed by atoms with Crippen molar-refractivity contribution in [2.75, 3.05) is 44.6 Å². The fourth-order valence-corrected chi connectivity index (χ4v) is 2.48. The molecule has 23 heavy (non-hydrogen) atoms. The van der Waals surface area contributed by atoms with Gasteiger partial charge in [-0.25, -0.2) is 0 Å². The normalized spacial score (nSPS) is 15.3. The molecule has 0 atom stereocenters. The summed E-state index contributed by atoms with van der Waals surface area (Å²) in [4.78, 5) is 39.3. The van der Waals surface area contributed by atoms with Gasteiger partial charge in [0, 0.05) is 39.3 Å². The first-order valence-corrected chi connectivity index (χ1v) is 7.44. The number of rotatable bonds is 4. The van der Waals surface area contributed by atoms with Gasteiger partial charge in [-0.05, 0) is 12.1 Å². The summed E-state index contributed by atoms with van der Waals surface area (Å²) in [5, 5.41) is 2.46. The van der Waals surface area contributed by atoms with Crippen molar-refractivity contribution >= 4 is 23.4 Å². The van der Waals surface area contributed by atoms with Gasteiger partial charge in [-0.2, -0.15) is 0 Å². The lowest BCUT2D eigenvalue weighted by molar-refractivity contribution is -0.144. The lowest BCUT2D eigenvalue weighted by Gasteiger charge is -2.34. The van der Waals surface area contributed by atoms with Crippen molar-refractivity contribution in [2.45, 2.75) is 0 Å². The Bertz CT molecular complexity index is 597. The molecule has 1 aromatic carbocycles. The monoisotopic (exact) mass is 319 g/mol. The van der Waals surface area contributed by atoms with Crippen LogP contribution >= 0.6 is 0 Å². The molecule has 0 bridgehead atoms. The number of primary amides is 1. The minimum absolute atomic E-state index is 0.168. The highest BCUT2D eigenvalue weighted by Crippen LogP contribution is 2.14. The topological polar surface area (TPSA) is 122 Å². The van der Waals surface area contributed by atoms with E-state index in [0.717, 1.165) is 6.54 Å². The number of nitrogens with two attached hydrogens (primary N) is 2. The van der Waals surface area contributed by atoms with Crippen molar-refractivity contribution in [3.05, 3.63) is 29.8 Å². The Labute approximate surface area is 134 Å². The number of carbonyl (C=O) groups excluding carboxylic acids is 3. The predicted molar refractivity (Wildman–Crippen MR) is 85.7 cm³/mol. The smallest absolute Gasteiger partial charge is 0.313 e. The third kappa shape index (κ3) is 4.27. The standard InChI is InChI=1S/C15H21N5O3/c16-5-6-19-7-9-20(10-8-19)15(23)14(22)18-12-4-2-1-3-11(12)13(17)21/h1-4H,5-10,16H2,(H2,17,21)(H,18,22). The van der Waals surface area contributed by atoms with Gasteiger partial charge in [0.25, 0.3) is 5.91 Å². The molecule has 1 saturated heterocycles. The first-order chi connectivity index (χ1) is 11.0. The quantitative estimate of drug-likeness (QED) is 0.604. The maximum atomic E-state index is 12.2. The Kier molecular flexibility index (Phi) is 5.67. The Morgan fingerprint density at radius 1 is 1.09 bits per heavy atom. The van der Waals surface area contributed by atoms with Crippen LogP contribution in [0.2, 0.25) is 0 Å². The van der Waals surface area contributed by atoms with Gasteiger partial charge in [0.1, 0.15) is 0 Å². The van der Waals surface area contributed by atoms with Crippen molar-refractivity contribution < 1.29 is 14.4 Å². The van der Waals surface area contributed by atoms with Crippen LogP contribution in [0.4, 0.5) is 5.69 Å². The molecule has 1 fully saturated rings. The average Bonchev–Trinajstić information content (AvgIpc) is 2.55. The van der Waals surface area contributed by atoms with E-state index in [2.05, 4.69) is 10.2 Å². The minimum Gasteiger partial charge on any atom is -0.366 e. The van der Waals surface area contributed by atoms with Gasteiger partial charge in [-0.3, -0.25) is 19.3 Å². The Hall–Kier alpha value is -2.45. The van der Waals surface area contributed by atoms with Crippen molar-refractivity contribution in [3.8, 4) is 0 Å². The number of carbonyl (C=O) groups is 3. The van der Waals surface area contributed by atoms with E-state index in [1.807, 2.05) is 0 Å². The molecule has 1 aromatic rings. The Morgan fingerprint density at radius 2 is 1.74 bits per heavy atom. The van der Waals surface area contributed by atoms with E-state index in [-0.39, 0.29) is 11.3 Å². The second-order valence-corrected chi connectivity index (χ2v) is 5.29. The molecule has 0 unspecified atom stereocenters. The molecule has 8 heteroatoms. The summed E-state index contributed by atoms with van der Waals surface area (Å²) < 4.78 is 0. The first kappa shape index (κ1) is 16.9. The molecule has 3 amide bonds. The summed E-state index contributed by atoms with van der Waals surface area (Å²) in [6.07, 6.45) is 0. The number of para-hydroxylation sites is 1. The van der Waals surface area contributed by atoms with Gasteiger partial charge < -0.3 is 21.7 Å². The second-order valence-electron chi connectivity index (χ2n) is 5.29. The Balaban J connectivity index is 1.96. The molecule has 0 spiro atoms. The summed E-state index contributed by atoms with van der Waals surface area (Å²) in [6.45, 7) is 3.67. The summed E-state index contributed by atoms with van der Waals surface area (Å²) in [5.74, 6) is -2.05. The second kappa shape index (κ2) is 7.70. The molecule has 5 N–H and O–H groups in total.